The molecule has 104 valence electrons. The summed E-state index contributed by atoms with van der Waals surface area (Å²) in [5.74, 6) is -0.468. The highest BCUT2D eigenvalue weighted by molar-refractivity contribution is 5.92. The van der Waals surface area contributed by atoms with Crippen LogP contribution in [-0.2, 0) is 16.1 Å². The van der Waals surface area contributed by atoms with E-state index in [4.69, 9.17) is 15.2 Å². The van der Waals surface area contributed by atoms with Gasteiger partial charge in [0, 0.05) is 18.2 Å². The predicted octanol–water partition coefficient (Wildman–Crippen LogP) is 2.65. The van der Waals surface area contributed by atoms with Crippen molar-refractivity contribution in [2.75, 3.05) is 7.11 Å². The van der Waals surface area contributed by atoms with E-state index in [1.165, 1.54) is 0 Å². The molecule has 0 aliphatic carbocycles. The van der Waals surface area contributed by atoms with E-state index in [0.29, 0.717) is 12.2 Å². The van der Waals surface area contributed by atoms with Gasteiger partial charge in [0.05, 0.1) is 6.61 Å². The average molecular weight is 271 g/mol. The molecule has 0 aliphatic rings. The number of ether oxygens (including phenoxy) is 2. The summed E-state index contributed by atoms with van der Waals surface area (Å²) in [7, 11) is 1.56. The summed E-state index contributed by atoms with van der Waals surface area (Å²) in [6, 6.07) is 16.8. The van der Waals surface area contributed by atoms with Gasteiger partial charge in [-0.05, 0) is 17.7 Å². The molecule has 0 aromatic heterocycles. The summed E-state index contributed by atoms with van der Waals surface area (Å²) in [5, 5.41) is 0. The minimum Gasteiger partial charge on any atom is -0.366 e. The van der Waals surface area contributed by atoms with E-state index in [-0.39, 0.29) is 0 Å². The lowest BCUT2D eigenvalue weighted by molar-refractivity contribution is -0.135. The molecule has 1 amide bonds. The van der Waals surface area contributed by atoms with Crippen molar-refractivity contribution < 1.29 is 14.3 Å². The molecule has 0 saturated carbocycles. The molecule has 2 aromatic rings. The highest BCUT2D eigenvalue weighted by Crippen LogP contribution is 2.20. The van der Waals surface area contributed by atoms with Crippen LogP contribution in [0.25, 0.3) is 0 Å². The van der Waals surface area contributed by atoms with Crippen LogP contribution in [0.15, 0.2) is 54.6 Å². The second-order valence-corrected chi connectivity index (χ2v) is 4.35. The van der Waals surface area contributed by atoms with Crippen molar-refractivity contribution in [2.45, 2.75) is 12.9 Å². The fraction of sp³-hybridized carbons (Fsp3) is 0.188. The van der Waals surface area contributed by atoms with Gasteiger partial charge in [0.1, 0.15) is 0 Å². The Morgan fingerprint density at radius 3 is 2.55 bits per heavy atom. The molecule has 2 rings (SSSR count). The number of primary amides is 1. The SMILES string of the molecule is COC(OCc1ccccc1)c1cccc(C(N)=O)c1. The van der Waals surface area contributed by atoms with Crippen molar-refractivity contribution in [1.82, 2.24) is 0 Å². The first-order valence-corrected chi connectivity index (χ1v) is 6.29. The van der Waals surface area contributed by atoms with Crippen molar-refractivity contribution in [3.63, 3.8) is 0 Å². The van der Waals surface area contributed by atoms with Gasteiger partial charge in [-0.25, -0.2) is 0 Å². The lowest BCUT2D eigenvalue weighted by Crippen LogP contribution is -2.13. The summed E-state index contributed by atoms with van der Waals surface area (Å²) >= 11 is 0. The molecule has 2 N–H and O–H groups in total. The van der Waals surface area contributed by atoms with Gasteiger partial charge in [-0.15, -0.1) is 0 Å². The summed E-state index contributed by atoms with van der Waals surface area (Å²) < 4.78 is 11.0. The molecule has 0 spiro atoms. The highest BCUT2D eigenvalue weighted by atomic mass is 16.7. The number of carbonyl (C=O) groups is 1. The van der Waals surface area contributed by atoms with Crippen LogP contribution >= 0.6 is 0 Å². The maximum Gasteiger partial charge on any atom is 0.248 e. The molecule has 4 heteroatoms. The first-order chi connectivity index (χ1) is 9.70. The second-order valence-electron chi connectivity index (χ2n) is 4.35. The number of amides is 1. The Labute approximate surface area is 118 Å². The first kappa shape index (κ1) is 14.2. The summed E-state index contributed by atoms with van der Waals surface area (Å²) in [6.07, 6.45) is -0.533. The van der Waals surface area contributed by atoms with Crippen molar-refractivity contribution in [1.29, 1.82) is 0 Å². The third-order valence-corrected chi connectivity index (χ3v) is 2.90. The zero-order valence-corrected chi connectivity index (χ0v) is 11.3. The van der Waals surface area contributed by atoms with Crippen LogP contribution in [0.1, 0.15) is 27.8 Å². The Bertz CT molecular complexity index is 569. The van der Waals surface area contributed by atoms with Crippen molar-refractivity contribution in [3.8, 4) is 0 Å². The van der Waals surface area contributed by atoms with E-state index in [2.05, 4.69) is 0 Å². The van der Waals surface area contributed by atoms with Gasteiger partial charge < -0.3 is 15.2 Å². The third kappa shape index (κ3) is 3.66. The van der Waals surface area contributed by atoms with Gasteiger partial charge in [-0.2, -0.15) is 0 Å². The molecule has 0 heterocycles. The van der Waals surface area contributed by atoms with Gasteiger partial charge in [-0.3, -0.25) is 4.79 Å². The number of rotatable bonds is 6. The molecule has 2 aromatic carbocycles. The Kier molecular flexibility index (Phi) is 4.87. The second kappa shape index (κ2) is 6.84. The van der Waals surface area contributed by atoms with Crippen molar-refractivity contribution in [2.24, 2.45) is 5.73 Å². The van der Waals surface area contributed by atoms with Crippen molar-refractivity contribution in [3.05, 3.63) is 71.3 Å². The number of hydrogen-bond acceptors (Lipinski definition) is 3. The fourth-order valence-corrected chi connectivity index (χ4v) is 1.89. The average Bonchev–Trinajstić information content (AvgIpc) is 2.49. The van der Waals surface area contributed by atoms with Crippen LogP contribution < -0.4 is 5.73 Å². The van der Waals surface area contributed by atoms with E-state index in [9.17, 15) is 4.79 Å². The van der Waals surface area contributed by atoms with E-state index >= 15 is 0 Å². The summed E-state index contributed by atoms with van der Waals surface area (Å²) in [6.45, 7) is 0.431. The monoisotopic (exact) mass is 271 g/mol. The van der Waals surface area contributed by atoms with Gasteiger partial charge >= 0.3 is 0 Å². The molecule has 1 unspecified atom stereocenters. The maximum atomic E-state index is 11.2. The highest BCUT2D eigenvalue weighted by Gasteiger charge is 2.12. The number of hydrogen-bond donors (Lipinski definition) is 1. The van der Waals surface area contributed by atoms with Gasteiger partial charge in [0.2, 0.25) is 5.91 Å². The minimum atomic E-state index is -0.533. The van der Waals surface area contributed by atoms with E-state index < -0.39 is 12.2 Å². The molecule has 1 atom stereocenters. The molecule has 0 radical (unpaired) electrons. The largest absolute Gasteiger partial charge is 0.366 e. The van der Waals surface area contributed by atoms with Gasteiger partial charge in [0.15, 0.2) is 6.29 Å². The van der Waals surface area contributed by atoms with Crippen LogP contribution in [0, 0.1) is 0 Å². The molecular formula is C16H17NO3. The Morgan fingerprint density at radius 2 is 1.90 bits per heavy atom. The zero-order valence-electron chi connectivity index (χ0n) is 11.3. The van der Waals surface area contributed by atoms with E-state index in [1.54, 1.807) is 25.3 Å². The standard InChI is InChI=1S/C16H17NO3/c1-19-16(20-11-12-6-3-2-4-7-12)14-9-5-8-13(10-14)15(17)18/h2-10,16H,11H2,1H3,(H2,17,18). The number of carbonyl (C=O) groups excluding carboxylic acids is 1. The number of benzene rings is 2. The Hall–Kier alpha value is -2.17. The smallest absolute Gasteiger partial charge is 0.248 e. The van der Waals surface area contributed by atoms with Crippen molar-refractivity contribution >= 4 is 5.91 Å². The van der Waals surface area contributed by atoms with Crippen LogP contribution in [0.5, 0.6) is 0 Å². The number of methoxy groups -OCH3 is 1. The molecule has 20 heavy (non-hydrogen) atoms. The predicted molar refractivity (Wildman–Crippen MR) is 75.9 cm³/mol. The molecule has 0 saturated heterocycles. The molecule has 0 aliphatic heterocycles. The lowest BCUT2D eigenvalue weighted by Gasteiger charge is -2.17. The first-order valence-electron chi connectivity index (χ1n) is 6.29. The Balaban J connectivity index is 2.08. The minimum absolute atomic E-state index is 0.431. The number of nitrogens with two attached hydrogens (primary N) is 1. The van der Waals surface area contributed by atoms with Crippen LogP contribution in [0.4, 0.5) is 0 Å². The topological polar surface area (TPSA) is 61.6 Å². The zero-order chi connectivity index (χ0) is 14.4. The quantitative estimate of drug-likeness (QED) is 0.821. The van der Waals surface area contributed by atoms with Crippen LogP contribution in [0.2, 0.25) is 0 Å². The van der Waals surface area contributed by atoms with Crippen LogP contribution in [0.3, 0.4) is 0 Å². The van der Waals surface area contributed by atoms with Gasteiger partial charge in [0.25, 0.3) is 0 Å². The lowest BCUT2D eigenvalue weighted by atomic mass is 10.1. The molecule has 0 fully saturated rings. The molecule has 4 nitrogen and oxygen atoms in total. The summed E-state index contributed by atoms with van der Waals surface area (Å²) in [5.41, 5.74) is 7.53. The van der Waals surface area contributed by atoms with Crippen LogP contribution in [-0.4, -0.2) is 13.0 Å². The molecule has 0 bridgehead atoms. The van der Waals surface area contributed by atoms with Gasteiger partial charge in [-0.1, -0.05) is 42.5 Å². The summed E-state index contributed by atoms with van der Waals surface area (Å²) in [4.78, 5) is 11.2. The maximum absolute atomic E-state index is 11.2. The fourth-order valence-electron chi connectivity index (χ4n) is 1.89. The molecular weight excluding hydrogens is 254 g/mol. The third-order valence-electron chi connectivity index (χ3n) is 2.90. The Morgan fingerprint density at radius 1 is 1.15 bits per heavy atom. The van der Waals surface area contributed by atoms with E-state index in [1.807, 2.05) is 36.4 Å². The van der Waals surface area contributed by atoms with E-state index in [0.717, 1.165) is 11.1 Å². The normalized spacial score (nSPS) is 12.1.